The summed E-state index contributed by atoms with van der Waals surface area (Å²) in [5, 5.41) is 1.95. The maximum atomic E-state index is 15.2. The minimum absolute atomic E-state index is 0.0435. The maximum absolute atomic E-state index is 15.2. The summed E-state index contributed by atoms with van der Waals surface area (Å²) in [5.74, 6) is 2.51. The lowest BCUT2D eigenvalue weighted by Crippen LogP contribution is -2.42. The lowest BCUT2D eigenvalue weighted by Gasteiger charge is -2.44. The van der Waals surface area contributed by atoms with Crippen molar-refractivity contribution in [2.24, 2.45) is 17.8 Å². The molecule has 3 heteroatoms. The van der Waals surface area contributed by atoms with Crippen molar-refractivity contribution < 1.29 is 9.30 Å². The maximum Gasteiger partial charge on any atom is 0.146 e. The van der Waals surface area contributed by atoms with Crippen molar-refractivity contribution in [2.75, 3.05) is 0 Å². The third kappa shape index (κ3) is 5.83. The second-order valence-electron chi connectivity index (χ2n) is 12.6. The van der Waals surface area contributed by atoms with Gasteiger partial charge in [-0.25, -0.2) is 0 Å². The van der Waals surface area contributed by atoms with Gasteiger partial charge in [0.05, 0.1) is 5.76 Å². The van der Waals surface area contributed by atoms with Gasteiger partial charge in [0.15, 0.2) is 0 Å². The van der Waals surface area contributed by atoms with Crippen LogP contribution < -0.4 is 10.6 Å². The molecule has 0 saturated heterocycles. The number of ether oxygens (including phenoxy) is 1. The number of hydrogen-bond donors (Lipinski definition) is 0. The Kier molecular flexibility index (Phi) is 8.53. The van der Waals surface area contributed by atoms with E-state index in [1.54, 1.807) is 0 Å². The summed E-state index contributed by atoms with van der Waals surface area (Å²) < 4.78 is 22.2. The predicted molar refractivity (Wildman–Crippen MR) is 165 cm³/mol. The van der Waals surface area contributed by atoms with Gasteiger partial charge in [-0.05, 0) is 54.6 Å². The molecule has 5 rings (SSSR count). The topological polar surface area (TPSA) is 26.3 Å². The van der Waals surface area contributed by atoms with Crippen LogP contribution in [0.4, 0.5) is 0 Å². The van der Waals surface area contributed by atoms with E-state index in [2.05, 4.69) is 88.4 Å². The Morgan fingerprint density at radius 1 is 0.769 bits per heavy atom. The van der Waals surface area contributed by atoms with Crippen LogP contribution in [0, 0.1) is 17.8 Å². The van der Waals surface area contributed by atoms with Crippen molar-refractivity contribution >= 4 is 17.8 Å². The molecule has 206 valence electrons. The molecule has 3 aromatic carbocycles. The molecule has 0 aliphatic heterocycles. The van der Waals surface area contributed by atoms with Crippen molar-refractivity contribution in [1.29, 1.82) is 0 Å². The van der Waals surface area contributed by atoms with Crippen LogP contribution >= 0.6 is 7.14 Å². The van der Waals surface area contributed by atoms with Gasteiger partial charge in [0.2, 0.25) is 0 Å². The Morgan fingerprint density at radius 2 is 1.33 bits per heavy atom. The van der Waals surface area contributed by atoms with E-state index in [9.17, 15) is 0 Å². The van der Waals surface area contributed by atoms with Gasteiger partial charge in [-0.15, -0.1) is 0 Å². The molecule has 39 heavy (non-hydrogen) atoms. The van der Waals surface area contributed by atoms with Crippen molar-refractivity contribution in [3.8, 4) is 0 Å². The number of rotatable bonds is 7. The van der Waals surface area contributed by atoms with E-state index in [4.69, 9.17) is 4.74 Å². The fraction of sp³-hybridized carbons (Fsp3) is 0.444. The molecule has 1 fully saturated rings. The molecule has 0 heterocycles. The Bertz CT molecular complexity index is 1240. The van der Waals surface area contributed by atoms with Crippen LogP contribution in [0.1, 0.15) is 71.8 Å². The number of hydrogen-bond acceptors (Lipinski definition) is 2. The fourth-order valence-electron chi connectivity index (χ4n) is 7.26. The Morgan fingerprint density at radius 3 is 1.92 bits per heavy atom. The Labute approximate surface area is 236 Å². The third-order valence-corrected chi connectivity index (χ3v) is 13.4. The summed E-state index contributed by atoms with van der Waals surface area (Å²) in [5.41, 5.74) is 1.52. The highest BCUT2D eigenvalue weighted by Gasteiger charge is 2.43. The van der Waals surface area contributed by atoms with E-state index < -0.39 is 7.14 Å². The van der Waals surface area contributed by atoms with Crippen molar-refractivity contribution in [3.63, 3.8) is 0 Å². The summed E-state index contributed by atoms with van der Waals surface area (Å²) in [4.78, 5) is 0. The molecule has 5 atom stereocenters. The van der Waals surface area contributed by atoms with Gasteiger partial charge in [0, 0.05) is 28.6 Å². The summed E-state index contributed by atoms with van der Waals surface area (Å²) >= 11 is 0. The van der Waals surface area contributed by atoms with Gasteiger partial charge in [-0.1, -0.05) is 125 Å². The standard InChI is InChI=1S/C36H45O2P/c1-27-23-24-33(36(3,4)29-15-8-5-9-16-29)34(25-27)38-30-17-14-22-35(28(2)26-30)39(37,31-18-10-6-11-19-31)32-20-12-7-13-21-32/h5-13,15-21,27-28,33-35H,14,22-26H2,1-4H3/t27-,28+,33-,34-,35+/m1/s1. The first kappa shape index (κ1) is 28.0. The van der Waals surface area contributed by atoms with Crippen molar-refractivity contribution in [1.82, 2.24) is 0 Å². The number of benzene rings is 3. The van der Waals surface area contributed by atoms with Gasteiger partial charge >= 0.3 is 0 Å². The lowest BCUT2D eigenvalue weighted by molar-refractivity contribution is -0.0157. The highest BCUT2D eigenvalue weighted by molar-refractivity contribution is 7.79. The zero-order chi connectivity index (χ0) is 27.5. The molecular weight excluding hydrogens is 495 g/mol. The minimum atomic E-state index is -2.83. The zero-order valence-electron chi connectivity index (χ0n) is 24.1. The smallest absolute Gasteiger partial charge is 0.146 e. The summed E-state index contributed by atoms with van der Waals surface area (Å²) in [6, 6.07) is 31.4. The second-order valence-corrected chi connectivity index (χ2v) is 15.6. The van der Waals surface area contributed by atoms with Crippen molar-refractivity contribution in [3.05, 3.63) is 108 Å². The molecule has 0 aromatic heterocycles. The molecule has 0 N–H and O–H groups in total. The molecule has 2 aliphatic rings. The van der Waals surface area contributed by atoms with E-state index in [1.807, 2.05) is 36.4 Å². The van der Waals surface area contributed by atoms with Gasteiger partial charge in [0.1, 0.15) is 13.2 Å². The molecule has 0 spiro atoms. The van der Waals surface area contributed by atoms with E-state index in [0.29, 0.717) is 11.8 Å². The lowest BCUT2D eigenvalue weighted by atomic mass is 9.64. The van der Waals surface area contributed by atoms with E-state index in [-0.39, 0.29) is 23.1 Å². The quantitative estimate of drug-likeness (QED) is 0.280. The minimum Gasteiger partial charge on any atom is -0.495 e. The summed E-state index contributed by atoms with van der Waals surface area (Å²) in [6.45, 7) is 9.46. The molecule has 0 unspecified atom stereocenters. The predicted octanol–water partition coefficient (Wildman–Crippen LogP) is 8.87. The van der Waals surface area contributed by atoms with Crippen LogP contribution in [-0.2, 0) is 14.7 Å². The van der Waals surface area contributed by atoms with Gasteiger partial charge in [-0.2, -0.15) is 0 Å². The van der Waals surface area contributed by atoms with Crippen molar-refractivity contribution in [2.45, 2.75) is 83.4 Å². The highest BCUT2D eigenvalue weighted by atomic mass is 31.2. The van der Waals surface area contributed by atoms with Crippen LogP contribution in [0.25, 0.3) is 0 Å². The summed E-state index contributed by atoms with van der Waals surface area (Å²) in [6.07, 6.45) is 8.74. The van der Waals surface area contributed by atoms with Crippen LogP contribution in [0.2, 0.25) is 0 Å². The van der Waals surface area contributed by atoms with Crippen LogP contribution in [0.15, 0.2) is 103 Å². The Hall–Kier alpha value is -2.57. The monoisotopic (exact) mass is 540 g/mol. The molecule has 1 saturated carbocycles. The first-order valence-corrected chi connectivity index (χ1v) is 16.7. The van der Waals surface area contributed by atoms with Gasteiger partial charge < -0.3 is 9.30 Å². The zero-order valence-corrected chi connectivity index (χ0v) is 25.0. The second kappa shape index (κ2) is 11.9. The van der Waals surface area contributed by atoms with E-state index in [0.717, 1.165) is 42.1 Å². The Balaban J connectivity index is 1.39. The van der Waals surface area contributed by atoms with Crippen LogP contribution in [0.3, 0.4) is 0 Å². The average Bonchev–Trinajstić information content (AvgIpc) is 3.14. The van der Waals surface area contributed by atoms with Gasteiger partial charge in [0.25, 0.3) is 0 Å². The fourth-order valence-corrected chi connectivity index (χ4v) is 10.9. The molecule has 3 aromatic rings. The molecule has 0 radical (unpaired) electrons. The number of allylic oxidation sites excluding steroid dienone is 2. The molecule has 0 bridgehead atoms. The molecule has 0 amide bonds. The first-order chi connectivity index (χ1) is 18.8. The van der Waals surface area contributed by atoms with E-state index >= 15 is 4.57 Å². The van der Waals surface area contributed by atoms with Crippen LogP contribution in [-0.4, -0.2) is 11.8 Å². The highest BCUT2D eigenvalue weighted by Crippen LogP contribution is 2.55. The largest absolute Gasteiger partial charge is 0.495 e. The van der Waals surface area contributed by atoms with Gasteiger partial charge in [-0.3, -0.25) is 0 Å². The molecule has 2 nitrogen and oxygen atoms in total. The average molecular weight is 541 g/mol. The first-order valence-electron chi connectivity index (χ1n) is 14.9. The molecule has 2 aliphatic carbocycles. The summed E-state index contributed by atoms with van der Waals surface area (Å²) in [7, 11) is -2.83. The van der Waals surface area contributed by atoms with E-state index in [1.165, 1.54) is 18.4 Å². The third-order valence-electron chi connectivity index (χ3n) is 9.56. The molecular formula is C36H45O2P. The van der Waals surface area contributed by atoms with Crippen LogP contribution in [0.5, 0.6) is 0 Å². The SMILES string of the molecule is C[C@@H]1CC[C@@H](C(C)(C)c2ccccc2)[C@H](OC2=CCC[C@H](P(=O)(c3ccccc3)c3ccccc3)[C@@H](C)C2)C1. The normalized spacial score (nSPS) is 26.4.